The smallest absolute Gasteiger partial charge is 0.291 e. The van der Waals surface area contributed by atoms with Crippen LogP contribution in [0.2, 0.25) is 0 Å². The highest BCUT2D eigenvalue weighted by atomic mass is 35.5. The second-order valence-electron chi connectivity index (χ2n) is 4.07. The van der Waals surface area contributed by atoms with Crippen LogP contribution >= 0.6 is 54.7 Å². The van der Waals surface area contributed by atoms with Crippen molar-refractivity contribution in [1.29, 1.82) is 0 Å². The normalized spacial score (nSPS) is 19.2. The Kier molecular flexibility index (Phi) is 6.70. The van der Waals surface area contributed by atoms with Crippen molar-refractivity contribution >= 4 is 78.7 Å². The summed E-state index contributed by atoms with van der Waals surface area (Å²) >= 11 is 22.7. The van der Waals surface area contributed by atoms with Crippen molar-refractivity contribution in [3.05, 3.63) is 20.1 Å². The maximum absolute atomic E-state index is 11.8. The highest BCUT2D eigenvalue weighted by Crippen LogP contribution is 2.30. The average Bonchev–Trinajstić information content (AvgIpc) is 2.72. The molecule has 0 aromatic rings. The third-order valence-electron chi connectivity index (χ3n) is 2.39. The van der Waals surface area contributed by atoms with Crippen molar-refractivity contribution in [2.75, 3.05) is 13.1 Å². The van der Waals surface area contributed by atoms with E-state index in [1.54, 1.807) is 0 Å². The lowest BCUT2D eigenvalue weighted by Crippen LogP contribution is -2.25. The summed E-state index contributed by atoms with van der Waals surface area (Å²) in [5.41, 5.74) is 0. The van der Waals surface area contributed by atoms with Crippen LogP contribution < -0.4 is 0 Å². The lowest BCUT2D eigenvalue weighted by molar-refractivity contribution is -0.137. The number of carbonyl (C=O) groups is 2. The Morgan fingerprint density at radius 1 is 0.875 bits per heavy atom. The first kappa shape index (κ1) is 19.3. The van der Waals surface area contributed by atoms with E-state index in [4.69, 9.17) is 55.7 Å². The Bertz CT molecular complexity index is 664. The van der Waals surface area contributed by atoms with E-state index < -0.39 is 32.9 Å². The molecule has 0 saturated heterocycles. The number of ketones is 2. The number of halogens is 4. The van der Waals surface area contributed by atoms with Crippen molar-refractivity contribution in [2.24, 2.45) is 10.2 Å². The van der Waals surface area contributed by atoms with Gasteiger partial charge in [0.25, 0.3) is 0 Å². The maximum atomic E-state index is 11.8. The van der Waals surface area contributed by atoms with Crippen LogP contribution in [-0.2, 0) is 23.4 Å². The molecule has 24 heavy (non-hydrogen) atoms. The van der Waals surface area contributed by atoms with E-state index in [1.807, 2.05) is 0 Å². The van der Waals surface area contributed by atoms with E-state index in [-0.39, 0.29) is 20.1 Å². The van der Waals surface area contributed by atoms with Crippen molar-refractivity contribution in [3.8, 4) is 0 Å². The number of Topliss-reactive ketones (excluding diaryl/α,β-unsaturated/α-hetero) is 2. The van der Waals surface area contributed by atoms with Crippen LogP contribution in [0.4, 0.5) is 0 Å². The minimum Gasteiger partial charge on any atom is -0.291 e. The Hall–Kier alpha value is -1.06. The van der Waals surface area contributed by atoms with Crippen LogP contribution in [0.3, 0.4) is 0 Å². The SMILES string of the molecule is O=C1CN(O[P+](=O)ON2CC(=O)C(Cl)=C(Cl)C=N2)N=CC(Cl)=C1Cl. The summed E-state index contributed by atoms with van der Waals surface area (Å²) in [6.45, 7) is -0.894. The lowest BCUT2D eigenvalue weighted by atomic mass is 10.3. The van der Waals surface area contributed by atoms with Gasteiger partial charge >= 0.3 is 8.25 Å². The third kappa shape index (κ3) is 4.97. The second-order valence-corrected chi connectivity index (χ2v) is 6.41. The van der Waals surface area contributed by atoms with Gasteiger partial charge in [-0.1, -0.05) is 46.4 Å². The summed E-state index contributed by atoms with van der Waals surface area (Å²) in [7, 11) is -2.88. The predicted molar refractivity (Wildman–Crippen MR) is 87.7 cm³/mol. The van der Waals surface area contributed by atoms with Crippen molar-refractivity contribution in [3.63, 3.8) is 0 Å². The Balaban J connectivity index is 1.95. The van der Waals surface area contributed by atoms with Crippen LogP contribution in [0.15, 0.2) is 30.3 Å². The van der Waals surface area contributed by atoms with Crippen molar-refractivity contribution in [2.45, 2.75) is 0 Å². The molecular formula is C10H6Cl4N4O5P+. The number of nitrogens with zero attached hydrogens (tertiary/aromatic N) is 4. The van der Waals surface area contributed by atoms with E-state index in [0.29, 0.717) is 10.3 Å². The first-order valence-electron chi connectivity index (χ1n) is 5.91. The van der Waals surface area contributed by atoms with Gasteiger partial charge in [-0.2, -0.15) is 10.2 Å². The van der Waals surface area contributed by atoms with E-state index >= 15 is 0 Å². The van der Waals surface area contributed by atoms with E-state index in [0.717, 1.165) is 12.4 Å². The largest absolute Gasteiger partial charge is 0.749 e. The Labute approximate surface area is 155 Å². The molecule has 0 aromatic heterocycles. The summed E-state index contributed by atoms with van der Waals surface area (Å²) in [6, 6.07) is 0. The molecule has 2 rings (SSSR count). The fourth-order valence-corrected chi connectivity index (χ4v) is 2.40. The molecule has 0 amide bonds. The monoisotopic (exact) mass is 433 g/mol. The molecule has 0 aromatic carbocycles. The molecule has 2 heterocycles. The van der Waals surface area contributed by atoms with E-state index in [2.05, 4.69) is 10.2 Å². The van der Waals surface area contributed by atoms with Gasteiger partial charge in [0.15, 0.2) is 11.6 Å². The van der Waals surface area contributed by atoms with E-state index in [1.165, 1.54) is 0 Å². The maximum Gasteiger partial charge on any atom is 0.749 e. The minimum atomic E-state index is -2.88. The molecule has 0 spiro atoms. The average molecular weight is 435 g/mol. The second kappa shape index (κ2) is 8.35. The van der Waals surface area contributed by atoms with E-state index in [9.17, 15) is 14.2 Å². The molecule has 14 heteroatoms. The number of hydrogen-bond donors (Lipinski definition) is 0. The van der Waals surface area contributed by atoms with Gasteiger partial charge in [0.2, 0.25) is 0 Å². The standard InChI is InChI=1S/C10H6Cl4N4O5P/c11-5-1-15-17(3-7(19)9(5)13)22-24(21)23-18-4-8(20)10(14)6(12)2-16-18/h1-2H,3-4H2/q+1. The first-order chi connectivity index (χ1) is 11.3. The molecule has 0 aliphatic carbocycles. The van der Waals surface area contributed by atoms with Gasteiger partial charge < -0.3 is 0 Å². The lowest BCUT2D eigenvalue weighted by Gasteiger charge is -2.09. The molecule has 0 N–H and O–H groups in total. The topological polar surface area (TPSA) is 101 Å². The molecule has 2 aliphatic heterocycles. The molecular weight excluding hydrogens is 429 g/mol. The molecule has 128 valence electrons. The van der Waals surface area contributed by atoms with Gasteiger partial charge in [0.1, 0.15) is 23.2 Å². The highest BCUT2D eigenvalue weighted by Gasteiger charge is 2.34. The zero-order valence-corrected chi connectivity index (χ0v) is 15.3. The highest BCUT2D eigenvalue weighted by molar-refractivity contribution is 7.33. The Morgan fingerprint density at radius 2 is 1.25 bits per heavy atom. The molecule has 0 fully saturated rings. The van der Waals surface area contributed by atoms with Gasteiger partial charge in [-0.3, -0.25) is 9.59 Å². The summed E-state index contributed by atoms with van der Waals surface area (Å²) in [4.78, 5) is 23.3. The number of hydrazone groups is 2. The van der Waals surface area contributed by atoms with Crippen LogP contribution in [0.1, 0.15) is 0 Å². The molecule has 0 bridgehead atoms. The van der Waals surface area contributed by atoms with Crippen molar-refractivity contribution < 1.29 is 23.4 Å². The zero-order valence-electron chi connectivity index (χ0n) is 11.4. The van der Waals surface area contributed by atoms with Crippen LogP contribution in [0.5, 0.6) is 0 Å². The van der Waals surface area contributed by atoms with Crippen LogP contribution in [0, 0.1) is 0 Å². The quantitative estimate of drug-likeness (QED) is 0.626. The summed E-state index contributed by atoms with van der Waals surface area (Å²) < 4.78 is 21.5. The van der Waals surface area contributed by atoms with Gasteiger partial charge in [-0.05, 0) is 0 Å². The fraction of sp³-hybridized carbons (Fsp3) is 0.200. The molecule has 0 radical (unpaired) electrons. The van der Waals surface area contributed by atoms with Crippen LogP contribution in [-0.4, -0.2) is 47.4 Å². The molecule has 9 nitrogen and oxygen atoms in total. The van der Waals surface area contributed by atoms with Gasteiger partial charge in [0.05, 0.1) is 22.5 Å². The van der Waals surface area contributed by atoms with Crippen LogP contribution in [0.25, 0.3) is 0 Å². The number of rotatable bonds is 4. The molecule has 0 unspecified atom stereocenters. The summed E-state index contributed by atoms with van der Waals surface area (Å²) in [5, 5.41) is 7.97. The number of hydroxylamine groups is 2. The number of carbonyl (C=O) groups excluding carboxylic acids is 2. The van der Waals surface area contributed by atoms with Gasteiger partial charge in [-0.25, -0.2) is 0 Å². The fourth-order valence-electron chi connectivity index (χ4n) is 1.34. The zero-order chi connectivity index (χ0) is 17.9. The summed E-state index contributed by atoms with van der Waals surface area (Å²) in [6.07, 6.45) is 2.07. The molecule has 2 aliphatic rings. The number of hydrogen-bond acceptors (Lipinski definition) is 9. The van der Waals surface area contributed by atoms with Crippen molar-refractivity contribution in [1.82, 2.24) is 10.3 Å². The molecule has 0 atom stereocenters. The first-order valence-corrected chi connectivity index (χ1v) is 8.52. The van der Waals surface area contributed by atoms with Gasteiger partial charge in [0, 0.05) is 13.8 Å². The minimum absolute atomic E-state index is 0.0954. The third-order valence-corrected chi connectivity index (χ3v) is 4.63. The number of allylic oxidation sites excluding steroid dienone is 2. The van der Waals surface area contributed by atoms with Gasteiger partial charge in [-0.15, -0.1) is 10.3 Å². The Morgan fingerprint density at radius 3 is 1.62 bits per heavy atom. The molecule has 0 saturated carbocycles. The predicted octanol–water partition coefficient (Wildman–Crippen LogP) is 2.63. The summed E-state index contributed by atoms with van der Waals surface area (Å²) in [5.74, 6) is -1.21.